The van der Waals surface area contributed by atoms with E-state index in [9.17, 15) is 18.3 Å². The predicted molar refractivity (Wildman–Crippen MR) is 90.2 cm³/mol. The molecular formula is C17H25NO5S. The molecular weight excluding hydrogens is 330 g/mol. The normalized spacial score (nSPS) is 24.3. The van der Waals surface area contributed by atoms with Gasteiger partial charge in [-0.05, 0) is 44.4 Å². The van der Waals surface area contributed by atoms with Crippen LogP contribution in [0.1, 0.15) is 32.3 Å². The Morgan fingerprint density at radius 3 is 2.38 bits per heavy atom. The van der Waals surface area contributed by atoms with Crippen LogP contribution in [0.25, 0.3) is 0 Å². The molecule has 0 radical (unpaired) electrons. The van der Waals surface area contributed by atoms with Gasteiger partial charge in [0, 0.05) is 18.6 Å². The van der Waals surface area contributed by atoms with Gasteiger partial charge in [0.1, 0.15) is 0 Å². The number of aliphatic hydroxyl groups excluding tert-OH is 2. The van der Waals surface area contributed by atoms with Crippen molar-refractivity contribution in [3.63, 3.8) is 0 Å². The number of hydrogen-bond donors (Lipinski definition) is 3. The molecule has 1 aromatic rings. The van der Waals surface area contributed by atoms with Crippen molar-refractivity contribution >= 4 is 15.7 Å². The summed E-state index contributed by atoms with van der Waals surface area (Å²) in [5.41, 5.74) is 0.729. The van der Waals surface area contributed by atoms with E-state index in [1.165, 1.54) is 12.1 Å². The van der Waals surface area contributed by atoms with Crippen LogP contribution in [0.5, 0.6) is 0 Å². The standard InChI is InChI=1S/C17H25NO5S/c1-11(2)24(22,23)15-5-3-12(4-6-15)7-17(21)18-14-8-13(10-19)16(20)9-14/h3-6,11,13-14,16,19-20H,7-10H2,1-2H3,(H,18,21)/t13-,14-,16+/m0/s1. The van der Waals surface area contributed by atoms with Crippen molar-refractivity contribution in [3.05, 3.63) is 29.8 Å². The minimum absolute atomic E-state index is 0.0840. The molecule has 7 heteroatoms. The zero-order valence-electron chi connectivity index (χ0n) is 14.0. The highest BCUT2D eigenvalue weighted by molar-refractivity contribution is 7.92. The van der Waals surface area contributed by atoms with Gasteiger partial charge in [-0.3, -0.25) is 4.79 Å². The fraction of sp³-hybridized carbons (Fsp3) is 0.588. The largest absolute Gasteiger partial charge is 0.396 e. The van der Waals surface area contributed by atoms with Crippen molar-refractivity contribution < 1.29 is 23.4 Å². The van der Waals surface area contributed by atoms with Crippen molar-refractivity contribution in [1.82, 2.24) is 5.32 Å². The SMILES string of the molecule is CC(C)S(=O)(=O)c1ccc(CC(=O)N[C@H]2C[C@@H](CO)[C@H](O)C2)cc1. The maximum atomic E-state index is 12.1. The zero-order chi connectivity index (χ0) is 17.9. The van der Waals surface area contributed by atoms with E-state index >= 15 is 0 Å². The van der Waals surface area contributed by atoms with Crippen LogP contribution in [0.2, 0.25) is 0 Å². The molecule has 1 aliphatic rings. The van der Waals surface area contributed by atoms with Crippen LogP contribution in [0.3, 0.4) is 0 Å². The fourth-order valence-electron chi connectivity index (χ4n) is 2.95. The molecule has 0 aromatic heterocycles. The highest BCUT2D eigenvalue weighted by Gasteiger charge is 2.33. The molecule has 134 valence electrons. The summed E-state index contributed by atoms with van der Waals surface area (Å²) in [5.74, 6) is -0.360. The second kappa shape index (κ2) is 7.63. The van der Waals surface area contributed by atoms with Crippen molar-refractivity contribution in [3.8, 4) is 0 Å². The maximum Gasteiger partial charge on any atom is 0.224 e. The van der Waals surface area contributed by atoms with Crippen LogP contribution >= 0.6 is 0 Å². The maximum absolute atomic E-state index is 12.1. The van der Waals surface area contributed by atoms with Crippen molar-refractivity contribution in [2.24, 2.45) is 5.92 Å². The smallest absolute Gasteiger partial charge is 0.224 e. The Bertz CT molecular complexity index is 669. The lowest BCUT2D eigenvalue weighted by Gasteiger charge is -2.13. The van der Waals surface area contributed by atoms with Gasteiger partial charge >= 0.3 is 0 Å². The van der Waals surface area contributed by atoms with E-state index in [0.717, 1.165) is 5.56 Å². The second-order valence-corrected chi connectivity index (χ2v) is 9.16. The van der Waals surface area contributed by atoms with E-state index in [4.69, 9.17) is 5.11 Å². The highest BCUT2D eigenvalue weighted by atomic mass is 32.2. The quantitative estimate of drug-likeness (QED) is 0.695. The lowest BCUT2D eigenvalue weighted by Crippen LogP contribution is -2.34. The number of hydrogen-bond acceptors (Lipinski definition) is 5. The Hall–Kier alpha value is -1.44. The molecule has 3 atom stereocenters. The third-order valence-electron chi connectivity index (χ3n) is 4.49. The first kappa shape index (κ1) is 18.9. The van der Waals surface area contributed by atoms with E-state index in [-0.39, 0.29) is 35.8 Å². The molecule has 0 spiro atoms. The highest BCUT2D eigenvalue weighted by Crippen LogP contribution is 2.25. The van der Waals surface area contributed by atoms with Gasteiger partial charge in [0.25, 0.3) is 0 Å². The number of aliphatic hydroxyl groups is 2. The number of amides is 1. The van der Waals surface area contributed by atoms with Gasteiger partial charge in [0.05, 0.1) is 22.7 Å². The third kappa shape index (κ3) is 4.34. The van der Waals surface area contributed by atoms with Gasteiger partial charge in [-0.1, -0.05) is 12.1 Å². The summed E-state index contributed by atoms with van der Waals surface area (Å²) < 4.78 is 24.1. The van der Waals surface area contributed by atoms with E-state index in [1.54, 1.807) is 26.0 Å². The molecule has 24 heavy (non-hydrogen) atoms. The Kier molecular flexibility index (Phi) is 6.01. The van der Waals surface area contributed by atoms with Crippen LogP contribution in [0, 0.1) is 5.92 Å². The molecule has 0 bridgehead atoms. The van der Waals surface area contributed by atoms with E-state index < -0.39 is 21.2 Å². The molecule has 6 nitrogen and oxygen atoms in total. The van der Waals surface area contributed by atoms with Gasteiger partial charge in [-0.2, -0.15) is 0 Å². The summed E-state index contributed by atoms with van der Waals surface area (Å²) in [6.45, 7) is 3.18. The lowest BCUT2D eigenvalue weighted by atomic mass is 10.1. The average Bonchev–Trinajstić information content (AvgIpc) is 2.87. The number of carbonyl (C=O) groups is 1. The number of sulfone groups is 1. The average molecular weight is 355 g/mol. The van der Waals surface area contributed by atoms with Gasteiger partial charge in [-0.25, -0.2) is 8.42 Å². The second-order valence-electron chi connectivity index (χ2n) is 6.66. The summed E-state index contributed by atoms with van der Waals surface area (Å²) in [4.78, 5) is 12.3. The molecule has 1 fully saturated rings. The van der Waals surface area contributed by atoms with Crippen LogP contribution in [-0.4, -0.2) is 48.5 Å². The molecule has 0 saturated heterocycles. The van der Waals surface area contributed by atoms with E-state index in [0.29, 0.717) is 12.8 Å². The van der Waals surface area contributed by atoms with E-state index in [1.807, 2.05) is 0 Å². The number of nitrogens with one attached hydrogen (secondary N) is 1. The molecule has 2 rings (SSSR count). The van der Waals surface area contributed by atoms with Crippen LogP contribution in [0.15, 0.2) is 29.2 Å². The fourth-order valence-corrected chi connectivity index (χ4v) is 4.01. The van der Waals surface area contributed by atoms with Gasteiger partial charge in [0.15, 0.2) is 9.84 Å². The minimum atomic E-state index is -3.31. The summed E-state index contributed by atoms with van der Waals surface area (Å²) in [6, 6.07) is 6.22. The summed E-state index contributed by atoms with van der Waals surface area (Å²) in [6.07, 6.45) is 0.580. The Morgan fingerprint density at radius 1 is 1.25 bits per heavy atom. The Labute approximate surface area is 142 Å². The first-order chi connectivity index (χ1) is 11.2. The molecule has 1 aliphatic carbocycles. The molecule has 0 heterocycles. The summed E-state index contributed by atoms with van der Waals surface area (Å²) in [5, 5.41) is 21.2. The first-order valence-corrected chi connectivity index (χ1v) is 9.69. The number of benzene rings is 1. The predicted octanol–water partition coefficient (Wildman–Crippen LogP) is 0.659. The topological polar surface area (TPSA) is 104 Å². The first-order valence-electron chi connectivity index (χ1n) is 8.15. The molecule has 1 amide bonds. The monoisotopic (exact) mass is 355 g/mol. The molecule has 3 N–H and O–H groups in total. The summed E-state index contributed by atoms with van der Waals surface area (Å²) in [7, 11) is -3.31. The van der Waals surface area contributed by atoms with Crippen LogP contribution < -0.4 is 5.32 Å². The van der Waals surface area contributed by atoms with Crippen molar-refractivity contribution in [2.75, 3.05) is 6.61 Å². The molecule has 1 saturated carbocycles. The Balaban J connectivity index is 1.93. The summed E-state index contributed by atoms with van der Waals surface area (Å²) >= 11 is 0. The number of carbonyl (C=O) groups excluding carboxylic acids is 1. The van der Waals surface area contributed by atoms with Crippen LogP contribution in [-0.2, 0) is 21.1 Å². The molecule has 0 aliphatic heterocycles. The van der Waals surface area contributed by atoms with Gasteiger partial charge < -0.3 is 15.5 Å². The van der Waals surface area contributed by atoms with E-state index in [2.05, 4.69) is 5.32 Å². The zero-order valence-corrected chi connectivity index (χ0v) is 14.8. The van der Waals surface area contributed by atoms with Crippen molar-refractivity contribution in [2.45, 2.75) is 55.4 Å². The number of rotatable bonds is 6. The molecule has 1 aromatic carbocycles. The van der Waals surface area contributed by atoms with Crippen LogP contribution in [0.4, 0.5) is 0 Å². The lowest BCUT2D eigenvalue weighted by molar-refractivity contribution is -0.121. The van der Waals surface area contributed by atoms with Crippen molar-refractivity contribution in [1.29, 1.82) is 0 Å². The van der Waals surface area contributed by atoms with Gasteiger partial charge in [0.2, 0.25) is 5.91 Å². The van der Waals surface area contributed by atoms with Gasteiger partial charge in [-0.15, -0.1) is 0 Å². The molecule has 0 unspecified atom stereocenters. The minimum Gasteiger partial charge on any atom is -0.396 e. The third-order valence-corrected chi connectivity index (χ3v) is 6.66. The Morgan fingerprint density at radius 2 is 1.88 bits per heavy atom.